The second-order valence-electron chi connectivity index (χ2n) is 3.69. The molecule has 2 aromatic rings. The molecule has 0 unspecified atom stereocenters. The van der Waals surface area contributed by atoms with Crippen LogP contribution in [-0.4, -0.2) is 26.8 Å². The summed E-state index contributed by atoms with van der Waals surface area (Å²) in [5, 5.41) is 11.2. The quantitative estimate of drug-likeness (QED) is 0.814. The van der Waals surface area contributed by atoms with Gasteiger partial charge in [0.05, 0.1) is 13.1 Å². The van der Waals surface area contributed by atoms with Crippen LogP contribution in [-0.2, 0) is 13.1 Å². The first-order valence-electron chi connectivity index (χ1n) is 5.44. The van der Waals surface area contributed by atoms with E-state index in [9.17, 15) is 0 Å². The van der Waals surface area contributed by atoms with Crippen LogP contribution in [0.4, 0.5) is 0 Å². The summed E-state index contributed by atoms with van der Waals surface area (Å²) in [6.45, 7) is 3.47. The Morgan fingerprint density at radius 3 is 3.06 bits per heavy atom. The number of rotatable bonds is 5. The highest BCUT2D eigenvalue weighted by Gasteiger charge is 2.03. The minimum Gasteiger partial charge on any atom is -0.492 e. The Balaban J connectivity index is 1.87. The van der Waals surface area contributed by atoms with Gasteiger partial charge in [-0.2, -0.15) is 0 Å². The molecule has 1 aromatic heterocycles. The van der Waals surface area contributed by atoms with Crippen LogP contribution < -0.4 is 10.5 Å². The Kier molecular flexibility index (Phi) is 3.66. The summed E-state index contributed by atoms with van der Waals surface area (Å²) < 4.78 is 7.25. The molecule has 0 aliphatic carbocycles. The Morgan fingerprint density at radius 2 is 2.29 bits per heavy atom. The second kappa shape index (κ2) is 5.40. The first-order valence-corrected chi connectivity index (χ1v) is 5.44. The normalized spacial score (nSPS) is 10.5. The zero-order valence-electron chi connectivity index (χ0n) is 9.71. The van der Waals surface area contributed by atoms with E-state index < -0.39 is 0 Å². The average Bonchev–Trinajstić information content (AvgIpc) is 2.77. The highest BCUT2D eigenvalue weighted by molar-refractivity contribution is 5.27. The lowest BCUT2D eigenvalue weighted by molar-refractivity contribution is 0.287. The fourth-order valence-electron chi connectivity index (χ4n) is 1.50. The number of nitrogens with zero attached hydrogens (tertiary/aromatic N) is 4. The van der Waals surface area contributed by atoms with Gasteiger partial charge in [0.2, 0.25) is 0 Å². The second-order valence-corrected chi connectivity index (χ2v) is 3.69. The van der Waals surface area contributed by atoms with E-state index in [1.165, 1.54) is 5.56 Å². The standard InChI is InChI=1S/C11H15N5O/c1-9-3-2-4-10(7-9)17-6-5-16-11(8-12)13-14-15-16/h2-4,7H,5-6,8,12H2,1H3. The molecule has 0 bridgehead atoms. The van der Waals surface area contributed by atoms with Gasteiger partial charge in [0.25, 0.3) is 0 Å². The van der Waals surface area contributed by atoms with Gasteiger partial charge in [-0.1, -0.05) is 12.1 Å². The molecule has 0 atom stereocenters. The van der Waals surface area contributed by atoms with E-state index in [1.807, 2.05) is 31.2 Å². The summed E-state index contributed by atoms with van der Waals surface area (Å²) >= 11 is 0. The molecule has 2 rings (SSSR count). The molecular formula is C11H15N5O. The molecule has 0 saturated heterocycles. The predicted molar refractivity (Wildman–Crippen MR) is 62.4 cm³/mol. The van der Waals surface area contributed by atoms with Crippen molar-refractivity contribution in [2.75, 3.05) is 6.61 Å². The van der Waals surface area contributed by atoms with Crippen LogP contribution in [0.1, 0.15) is 11.4 Å². The van der Waals surface area contributed by atoms with Gasteiger partial charge < -0.3 is 10.5 Å². The van der Waals surface area contributed by atoms with Crippen molar-refractivity contribution in [2.24, 2.45) is 5.73 Å². The van der Waals surface area contributed by atoms with Gasteiger partial charge in [-0.05, 0) is 35.0 Å². The number of hydrogen-bond donors (Lipinski definition) is 1. The van der Waals surface area contributed by atoms with Crippen molar-refractivity contribution in [3.05, 3.63) is 35.7 Å². The first-order chi connectivity index (χ1) is 8.29. The van der Waals surface area contributed by atoms with Gasteiger partial charge in [0.1, 0.15) is 12.4 Å². The van der Waals surface area contributed by atoms with Crippen LogP contribution >= 0.6 is 0 Å². The fraction of sp³-hybridized carbons (Fsp3) is 0.364. The molecule has 0 saturated carbocycles. The molecule has 0 fully saturated rings. The van der Waals surface area contributed by atoms with E-state index >= 15 is 0 Å². The number of ether oxygens (including phenoxy) is 1. The molecule has 0 amide bonds. The summed E-state index contributed by atoms with van der Waals surface area (Å²) in [6, 6.07) is 7.91. The third-order valence-electron chi connectivity index (χ3n) is 2.35. The van der Waals surface area contributed by atoms with Gasteiger partial charge >= 0.3 is 0 Å². The number of benzene rings is 1. The minimum absolute atomic E-state index is 0.331. The molecule has 1 heterocycles. The summed E-state index contributed by atoms with van der Waals surface area (Å²) in [5.74, 6) is 1.52. The Labute approximate surface area is 99.4 Å². The molecule has 0 radical (unpaired) electrons. The van der Waals surface area contributed by atoms with Crippen LogP contribution in [0.2, 0.25) is 0 Å². The molecular weight excluding hydrogens is 218 g/mol. The number of hydrogen-bond acceptors (Lipinski definition) is 5. The summed E-state index contributed by atoms with van der Waals surface area (Å²) in [6.07, 6.45) is 0. The van der Waals surface area contributed by atoms with E-state index in [-0.39, 0.29) is 0 Å². The molecule has 0 aliphatic rings. The average molecular weight is 233 g/mol. The van der Waals surface area contributed by atoms with Crippen molar-refractivity contribution in [1.82, 2.24) is 20.2 Å². The topological polar surface area (TPSA) is 78.8 Å². The Bertz CT molecular complexity index is 482. The number of aryl methyl sites for hydroxylation is 1. The Morgan fingerprint density at radius 1 is 1.41 bits per heavy atom. The van der Waals surface area contributed by atoms with Crippen LogP contribution in [0.15, 0.2) is 24.3 Å². The molecule has 6 nitrogen and oxygen atoms in total. The molecule has 6 heteroatoms. The summed E-state index contributed by atoms with van der Waals surface area (Å²) in [4.78, 5) is 0. The fourth-order valence-corrected chi connectivity index (χ4v) is 1.50. The van der Waals surface area contributed by atoms with E-state index in [1.54, 1.807) is 4.68 Å². The van der Waals surface area contributed by atoms with E-state index in [4.69, 9.17) is 10.5 Å². The van der Waals surface area contributed by atoms with Gasteiger partial charge in [-0.15, -0.1) is 5.10 Å². The van der Waals surface area contributed by atoms with Crippen molar-refractivity contribution in [3.8, 4) is 5.75 Å². The van der Waals surface area contributed by atoms with E-state index in [0.29, 0.717) is 25.5 Å². The summed E-state index contributed by atoms with van der Waals surface area (Å²) in [5.41, 5.74) is 6.67. The first kappa shape index (κ1) is 11.5. The highest BCUT2D eigenvalue weighted by atomic mass is 16.5. The monoisotopic (exact) mass is 233 g/mol. The highest BCUT2D eigenvalue weighted by Crippen LogP contribution is 2.12. The lowest BCUT2D eigenvalue weighted by Crippen LogP contribution is -2.14. The van der Waals surface area contributed by atoms with Gasteiger partial charge in [-0.25, -0.2) is 4.68 Å². The largest absolute Gasteiger partial charge is 0.492 e. The molecule has 2 N–H and O–H groups in total. The van der Waals surface area contributed by atoms with E-state index in [0.717, 1.165) is 5.75 Å². The van der Waals surface area contributed by atoms with Gasteiger partial charge in [0.15, 0.2) is 5.82 Å². The maximum absolute atomic E-state index is 5.60. The lowest BCUT2D eigenvalue weighted by atomic mass is 10.2. The smallest absolute Gasteiger partial charge is 0.164 e. The maximum Gasteiger partial charge on any atom is 0.164 e. The number of nitrogens with two attached hydrogens (primary N) is 1. The molecule has 17 heavy (non-hydrogen) atoms. The third-order valence-corrected chi connectivity index (χ3v) is 2.35. The number of tetrazole rings is 1. The SMILES string of the molecule is Cc1cccc(OCCn2nnnc2CN)c1. The third kappa shape index (κ3) is 3.01. The van der Waals surface area contributed by atoms with Crippen molar-refractivity contribution < 1.29 is 4.74 Å². The van der Waals surface area contributed by atoms with Crippen LogP contribution in [0, 0.1) is 6.92 Å². The molecule has 90 valence electrons. The predicted octanol–water partition coefficient (Wildman–Crippen LogP) is 0.519. The maximum atomic E-state index is 5.60. The van der Waals surface area contributed by atoms with Crippen LogP contribution in [0.3, 0.4) is 0 Å². The van der Waals surface area contributed by atoms with Crippen molar-refractivity contribution in [2.45, 2.75) is 20.0 Å². The summed E-state index contributed by atoms with van der Waals surface area (Å²) in [7, 11) is 0. The van der Waals surface area contributed by atoms with Crippen LogP contribution in [0.25, 0.3) is 0 Å². The molecule has 0 aliphatic heterocycles. The lowest BCUT2D eigenvalue weighted by Gasteiger charge is -2.07. The van der Waals surface area contributed by atoms with Crippen molar-refractivity contribution >= 4 is 0 Å². The van der Waals surface area contributed by atoms with Gasteiger partial charge in [-0.3, -0.25) is 0 Å². The zero-order valence-corrected chi connectivity index (χ0v) is 9.71. The van der Waals surface area contributed by atoms with E-state index in [2.05, 4.69) is 15.5 Å². The minimum atomic E-state index is 0.331. The van der Waals surface area contributed by atoms with Crippen molar-refractivity contribution in [1.29, 1.82) is 0 Å². The number of aromatic nitrogens is 4. The van der Waals surface area contributed by atoms with Crippen molar-refractivity contribution in [3.63, 3.8) is 0 Å². The van der Waals surface area contributed by atoms with Gasteiger partial charge in [0, 0.05) is 0 Å². The van der Waals surface area contributed by atoms with Crippen LogP contribution in [0.5, 0.6) is 5.75 Å². The zero-order chi connectivity index (χ0) is 12.1. The molecule has 0 spiro atoms. The molecule has 1 aromatic carbocycles. The Hall–Kier alpha value is -1.95.